The average Bonchev–Trinajstić information content (AvgIpc) is 3.29. The fourth-order valence-corrected chi connectivity index (χ4v) is 5.80. The molecule has 31 heavy (non-hydrogen) atoms. The van der Waals surface area contributed by atoms with Gasteiger partial charge in [-0.15, -0.1) is 0 Å². The van der Waals surface area contributed by atoms with E-state index in [1.165, 1.54) is 11.1 Å². The molecule has 2 fully saturated rings. The summed E-state index contributed by atoms with van der Waals surface area (Å²) in [5.41, 5.74) is 3.54. The van der Waals surface area contributed by atoms with Crippen molar-refractivity contribution >= 4 is 11.6 Å². The third-order valence-corrected chi connectivity index (χ3v) is 7.31. The lowest BCUT2D eigenvalue weighted by Crippen LogP contribution is -2.47. The van der Waals surface area contributed by atoms with Gasteiger partial charge in [0.1, 0.15) is 11.6 Å². The van der Waals surface area contributed by atoms with E-state index in [9.17, 15) is 4.79 Å². The maximum atomic E-state index is 13.1. The van der Waals surface area contributed by atoms with Crippen LogP contribution >= 0.6 is 0 Å². The zero-order valence-electron chi connectivity index (χ0n) is 17.7. The van der Waals surface area contributed by atoms with Gasteiger partial charge in [-0.05, 0) is 23.1 Å². The number of hydrogen-bond donors (Lipinski definition) is 1. The van der Waals surface area contributed by atoms with E-state index >= 15 is 0 Å². The number of nitrogens with one attached hydrogen (secondary N) is 1. The number of carbonyl (C=O) groups is 1. The lowest BCUT2D eigenvalue weighted by atomic mass is 9.56. The number of nitrogens with zero attached hydrogens (tertiary/aromatic N) is 1. The van der Waals surface area contributed by atoms with Crippen LogP contribution in [-0.4, -0.2) is 29.6 Å². The highest BCUT2D eigenvalue weighted by atomic mass is 16.1. The quantitative estimate of drug-likeness (QED) is 0.482. The van der Waals surface area contributed by atoms with Crippen LogP contribution in [0.25, 0.3) is 0 Å². The number of carbonyl (C=O) groups excluding carboxylic acids is 1. The van der Waals surface area contributed by atoms with Gasteiger partial charge in [-0.2, -0.15) is 0 Å². The minimum absolute atomic E-state index is 0.0229. The maximum absolute atomic E-state index is 13.1. The van der Waals surface area contributed by atoms with Crippen molar-refractivity contribution in [2.24, 2.45) is 11.8 Å². The molecule has 3 heteroatoms. The van der Waals surface area contributed by atoms with Crippen LogP contribution < -0.4 is 0 Å². The molecule has 1 aliphatic heterocycles. The first-order valence-corrected chi connectivity index (χ1v) is 11.2. The van der Waals surface area contributed by atoms with Crippen LogP contribution in [0.15, 0.2) is 91.0 Å². The first-order valence-electron chi connectivity index (χ1n) is 11.2. The Morgan fingerprint density at radius 3 is 1.97 bits per heavy atom. The largest absolute Gasteiger partial charge is 0.359 e. The molecule has 1 N–H and O–H groups in total. The van der Waals surface area contributed by atoms with Crippen LogP contribution in [0.3, 0.4) is 0 Å². The number of ketones is 1. The SMILES string of the molecule is N=C(Cc1ccccc1)N1CC2C(=O)CCC(c3ccccc3)(c3ccccc3)C2C1. The van der Waals surface area contributed by atoms with Gasteiger partial charge in [-0.3, -0.25) is 10.2 Å². The molecule has 3 aromatic carbocycles. The van der Waals surface area contributed by atoms with E-state index < -0.39 is 0 Å². The molecule has 1 saturated carbocycles. The van der Waals surface area contributed by atoms with Gasteiger partial charge >= 0.3 is 0 Å². The van der Waals surface area contributed by atoms with Crippen LogP contribution in [0.4, 0.5) is 0 Å². The predicted octanol–water partition coefficient (Wildman–Crippen LogP) is 5.10. The highest BCUT2D eigenvalue weighted by molar-refractivity contribution is 5.87. The number of fused-ring (bicyclic) bond motifs is 1. The molecule has 5 rings (SSSR count). The topological polar surface area (TPSA) is 44.2 Å². The first-order chi connectivity index (χ1) is 15.2. The zero-order chi connectivity index (χ0) is 21.3. The molecule has 1 saturated heterocycles. The zero-order valence-corrected chi connectivity index (χ0v) is 17.7. The Balaban J connectivity index is 1.52. The third-order valence-electron chi connectivity index (χ3n) is 7.31. The van der Waals surface area contributed by atoms with Crippen LogP contribution in [0.1, 0.15) is 29.5 Å². The summed E-state index contributed by atoms with van der Waals surface area (Å²) < 4.78 is 0. The van der Waals surface area contributed by atoms with E-state index in [1.807, 2.05) is 18.2 Å². The van der Waals surface area contributed by atoms with Gasteiger partial charge in [0.2, 0.25) is 0 Å². The minimum Gasteiger partial charge on any atom is -0.359 e. The van der Waals surface area contributed by atoms with E-state index in [0.29, 0.717) is 31.0 Å². The van der Waals surface area contributed by atoms with Gasteiger partial charge < -0.3 is 4.90 Å². The molecule has 2 aliphatic rings. The second kappa shape index (κ2) is 8.14. The van der Waals surface area contributed by atoms with Crippen molar-refractivity contribution in [3.8, 4) is 0 Å². The van der Waals surface area contributed by atoms with Crippen LogP contribution in [0.5, 0.6) is 0 Å². The highest BCUT2D eigenvalue weighted by Crippen LogP contribution is 2.52. The Morgan fingerprint density at radius 1 is 0.839 bits per heavy atom. The second-order valence-electron chi connectivity index (χ2n) is 8.90. The summed E-state index contributed by atoms with van der Waals surface area (Å²) in [4.78, 5) is 15.2. The summed E-state index contributed by atoms with van der Waals surface area (Å²) in [5.74, 6) is 1.13. The number of likely N-dealkylation sites (tertiary alicyclic amines) is 1. The number of rotatable bonds is 4. The Bertz CT molecular complexity index is 1020. The molecule has 1 aliphatic carbocycles. The second-order valence-corrected chi connectivity index (χ2v) is 8.90. The summed E-state index contributed by atoms with van der Waals surface area (Å²) >= 11 is 0. The van der Waals surface area contributed by atoms with Crippen molar-refractivity contribution in [1.29, 1.82) is 5.41 Å². The Kier molecular flexibility index (Phi) is 5.19. The maximum Gasteiger partial charge on any atom is 0.138 e. The third kappa shape index (κ3) is 3.48. The molecular formula is C28H28N2O. The van der Waals surface area contributed by atoms with Crippen LogP contribution in [-0.2, 0) is 16.6 Å². The van der Waals surface area contributed by atoms with E-state index in [4.69, 9.17) is 5.41 Å². The molecule has 0 spiro atoms. The monoisotopic (exact) mass is 408 g/mol. The van der Waals surface area contributed by atoms with Crippen LogP contribution in [0.2, 0.25) is 0 Å². The van der Waals surface area contributed by atoms with Gasteiger partial charge in [0.05, 0.1) is 0 Å². The minimum atomic E-state index is -0.192. The fourth-order valence-electron chi connectivity index (χ4n) is 5.80. The van der Waals surface area contributed by atoms with Crippen molar-refractivity contribution in [2.45, 2.75) is 24.7 Å². The summed E-state index contributed by atoms with van der Waals surface area (Å²) in [6, 6.07) is 31.6. The Morgan fingerprint density at radius 2 is 1.39 bits per heavy atom. The van der Waals surface area contributed by atoms with Gasteiger partial charge in [-0.1, -0.05) is 91.0 Å². The fraction of sp³-hybridized carbons (Fsp3) is 0.286. The summed E-state index contributed by atoms with van der Waals surface area (Å²) in [6.45, 7) is 1.42. The van der Waals surface area contributed by atoms with Crippen LogP contribution in [0, 0.1) is 17.2 Å². The summed E-state index contributed by atoms with van der Waals surface area (Å²) in [6.07, 6.45) is 2.05. The van der Waals surface area contributed by atoms with Crippen molar-refractivity contribution in [2.75, 3.05) is 13.1 Å². The molecule has 0 radical (unpaired) electrons. The standard InChI is InChI=1S/C28H28N2O/c29-27(18-21-10-4-1-5-11-21)30-19-24-25(20-30)28(17-16-26(24)31,22-12-6-2-7-13-22)23-14-8-3-9-15-23/h1-15,24-25,29H,16-20H2. The summed E-state index contributed by atoms with van der Waals surface area (Å²) in [5, 5.41) is 8.79. The molecular weight excluding hydrogens is 380 g/mol. The van der Waals surface area contributed by atoms with Crippen molar-refractivity contribution in [3.63, 3.8) is 0 Å². The molecule has 0 amide bonds. The van der Waals surface area contributed by atoms with Gasteiger partial charge in [-0.25, -0.2) is 0 Å². The smallest absolute Gasteiger partial charge is 0.138 e. The van der Waals surface area contributed by atoms with Crippen molar-refractivity contribution < 1.29 is 4.79 Å². The van der Waals surface area contributed by atoms with Gasteiger partial charge in [0.25, 0.3) is 0 Å². The Hall–Kier alpha value is -3.20. The van der Waals surface area contributed by atoms with E-state index in [-0.39, 0.29) is 17.3 Å². The Labute approximate surface area is 184 Å². The van der Waals surface area contributed by atoms with Gasteiger partial charge in [0.15, 0.2) is 0 Å². The number of hydrogen-bond acceptors (Lipinski definition) is 2. The van der Waals surface area contributed by atoms with Crippen molar-refractivity contribution in [3.05, 3.63) is 108 Å². The average molecular weight is 409 g/mol. The molecule has 2 atom stereocenters. The lowest BCUT2D eigenvalue weighted by molar-refractivity contribution is -0.126. The molecule has 3 aromatic rings. The van der Waals surface area contributed by atoms with E-state index in [1.54, 1.807) is 0 Å². The highest BCUT2D eigenvalue weighted by Gasteiger charge is 2.54. The normalized spacial score (nSPS) is 22.2. The predicted molar refractivity (Wildman–Crippen MR) is 124 cm³/mol. The lowest BCUT2D eigenvalue weighted by Gasteiger charge is -2.45. The number of benzene rings is 3. The van der Waals surface area contributed by atoms with Gasteiger partial charge in [0, 0.05) is 43.2 Å². The van der Waals surface area contributed by atoms with Crippen molar-refractivity contribution in [1.82, 2.24) is 4.90 Å². The number of amidine groups is 1. The molecule has 1 heterocycles. The summed E-state index contributed by atoms with van der Waals surface area (Å²) in [7, 11) is 0. The molecule has 0 aromatic heterocycles. The number of Topliss-reactive ketones (excluding diaryl/α,β-unsaturated/α-hetero) is 1. The molecule has 156 valence electrons. The molecule has 0 bridgehead atoms. The van der Waals surface area contributed by atoms with E-state index in [2.05, 4.69) is 77.7 Å². The first kappa shape index (κ1) is 19.7. The molecule has 2 unspecified atom stereocenters. The van der Waals surface area contributed by atoms with E-state index in [0.717, 1.165) is 18.5 Å². The molecule has 3 nitrogen and oxygen atoms in total.